The van der Waals surface area contributed by atoms with Crippen LogP contribution < -0.4 is 0 Å². The number of aliphatic hydroxyl groups excluding tert-OH is 2. The molecule has 540 valence electrons. The van der Waals surface area contributed by atoms with Gasteiger partial charge in [0, 0.05) is 19.3 Å². The molecule has 0 radical (unpaired) electrons. The Balaban J connectivity index is 4.78. The summed E-state index contributed by atoms with van der Waals surface area (Å²) in [4.78, 5) is 58.5. The molecule has 0 aromatic carbocycles. The summed E-state index contributed by atoms with van der Waals surface area (Å²) in [6.45, 7) is 2.31. The standard InChI is InChI=1S/C77H126O16P2/c1-4-7-10-13-16-19-22-25-28-31-33-35-37-40-42-45-48-51-54-57-60-63-75(80)87-66-72(78)67-89-94(83,84)90-68-73(79)69-91-95(85,86)92-71-74(93-77(82)65-62-59-56-53-50-47-44-39-30-27-24-21-18-15-12-9-6-3)70-88-76(81)64-61-58-55-52-49-46-43-41-38-36-34-32-29-26-23-20-17-14-11-8-5-2/h7,9-10,12,16-21,25-30,33-36,40-43,48,51,72-74,78-79H,4-6,8,11,13-15,22-24,31-32,37-39,44-47,49-50,52-71H2,1-3H3,(H,83,84)(H,85,86)/b10-7-,12-9-,19-16-,20-17-,21-18-,28-25-,29-26-,30-27-,35-33-,36-34-,42-40-,43-41-,51-48-. The molecule has 4 N–H and O–H groups in total. The molecule has 5 unspecified atom stereocenters. The molecule has 0 aromatic heterocycles. The highest BCUT2D eigenvalue weighted by Gasteiger charge is 2.29. The topological polar surface area (TPSA) is 231 Å². The van der Waals surface area contributed by atoms with E-state index in [-0.39, 0.29) is 19.3 Å². The van der Waals surface area contributed by atoms with Crippen LogP contribution in [-0.4, -0.2) is 95.9 Å². The van der Waals surface area contributed by atoms with Gasteiger partial charge in [0.2, 0.25) is 0 Å². The van der Waals surface area contributed by atoms with E-state index in [4.69, 9.17) is 32.3 Å². The van der Waals surface area contributed by atoms with Crippen LogP contribution in [0, 0.1) is 0 Å². The maximum atomic E-state index is 13.0. The lowest BCUT2D eigenvalue weighted by Crippen LogP contribution is -2.30. The van der Waals surface area contributed by atoms with Gasteiger partial charge in [0.15, 0.2) is 6.10 Å². The Morgan fingerprint density at radius 1 is 0.305 bits per heavy atom. The fourth-order valence-electron chi connectivity index (χ4n) is 8.81. The molecule has 0 aliphatic carbocycles. The SMILES string of the molecule is CC/C=C\C/C=C\C/C=C\C/C=C\C/C=C\C/C=C\CCCCC(=O)OCC(O)COP(=O)(O)OCC(O)COP(=O)(O)OCC(COC(=O)CCCCCCC/C=C\C/C=C\C/C=C\C/C=C\CCCCC)OC(=O)CCCCCCCCC/C=C\C/C=C\C/C=C\CC. The number of ether oxygens (including phenoxy) is 3. The number of esters is 3. The molecule has 0 saturated carbocycles. The van der Waals surface area contributed by atoms with E-state index in [2.05, 4.69) is 179 Å². The van der Waals surface area contributed by atoms with Crippen molar-refractivity contribution in [3.63, 3.8) is 0 Å². The Kier molecular flexibility index (Phi) is 65.6. The van der Waals surface area contributed by atoms with Gasteiger partial charge in [-0.2, -0.15) is 0 Å². The predicted molar refractivity (Wildman–Crippen MR) is 389 cm³/mol. The minimum atomic E-state index is -4.95. The first-order valence-electron chi connectivity index (χ1n) is 35.8. The number of hydrogen-bond acceptors (Lipinski definition) is 14. The van der Waals surface area contributed by atoms with Gasteiger partial charge in [-0.15, -0.1) is 0 Å². The quantitative estimate of drug-likeness (QED) is 0.0146. The maximum absolute atomic E-state index is 13.0. The van der Waals surface area contributed by atoms with E-state index >= 15 is 0 Å². The molecular weight excluding hydrogens is 1240 g/mol. The Morgan fingerprint density at radius 2 is 0.558 bits per heavy atom. The van der Waals surface area contributed by atoms with Gasteiger partial charge in [-0.25, -0.2) is 9.13 Å². The van der Waals surface area contributed by atoms with Gasteiger partial charge in [0.25, 0.3) is 0 Å². The van der Waals surface area contributed by atoms with Gasteiger partial charge >= 0.3 is 33.6 Å². The minimum Gasteiger partial charge on any atom is -0.463 e. The van der Waals surface area contributed by atoms with Crippen LogP contribution in [0.4, 0.5) is 0 Å². The fourth-order valence-corrected chi connectivity index (χ4v) is 10.4. The first kappa shape index (κ1) is 90.2. The number of rotatable bonds is 66. The maximum Gasteiger partial charge on any atom is 0.472 e. The molecular formula is C77H126O16P2. The average molecular weight is 1370 g/mol. The molecule has 0 saturated heterocycles. The molecule has 0 bridgehead atoms. The van der Waals surface area contributed by atoms with Crippen LogP contribution >= 0.6 is 15.6 Å². The first-order chi connectivity index (χ1) is 46.2. The molecule has 18 heteroatoms. The lowest BCUT2D eigenvalue weighted by molar-refractivity contribution is -0.161. The zero-order chi connectivity index (χ0) is 69.5. The number of unbranched alkanes of at least 4 members (excludes halogenated alkanes) is 17. The molecule has 0 amide bonds. The lowest BCUT2D eigenvalue weighted by atomic mass is 10.1. The number of aliphatic hydroxyl groups is 2. The molecule has 0 aromatic rings. The van der Waals surface area contributed by atoms with E-state index < -0.39 is 91.5 Å². The smallest absolute Gasteiger partial charge is 0.463 e. The van der Waals surface area contributed by atoms with Gasteiger partial charge in [0.05, 0.1) is 26.4 Å². The number of carbonyl (C=O) groups is 3. The summed E-state index contributed by atoms with van der Waals surface area (Å²) in [6, 6.07) is 0. The largest absolute Gasteiger partial charge is 0.472 e. The predicted octanol–water partition coefficient (Wildman–Crippen LogP) is 20.3. The van der Waals surface area contributed by atoms with Crippen LogP contribution in [0.25, 0.3) is 0 Å². The van der Waals surface area contributed by atoms with Crippen molar-refractivity contribution in [1.29, 1.82) is 0 Å². The number of phosphoric acid groups is 2. The van der Waals surface area contributed by atoms with Crippen molar-refractivity contribution in [2.24, 2.45) is 0 Å². The highest BCUT2D eigenvalue weighted by Crippen LogP contribution is 2.45. The van der Waals surface area contributed by atoms with E-state index in [9.17, 15) is 43.5 Å². The van der Waals surface area contributed by atoms with Crippen molar-refractivity contribution >= 4 is 33.6 Å². The second-order valence-corrected chi connectivity index (χ2v) is 26.2. The van der Waals surface area contributed by atoms with E-state index in [0.717, 1.165) is 167 Å². The van der Waals surface area contributed by atoms with Crippen molar-refractivity contribution in [2.45, 2.75) is 270 Å². The van der Waals surface area contributed by atoms with Crippen LogP contribution in [0.1, 0.15) is 252 Å². The number of phosphoric ester groups is 2. The van der Waals surface area contributed by atoms with Crippen LogP contribution in [0.3, 0.4) is 0 Å². The third-order valence-electron chi connectivity index (χ3n) is 14.2. The van der Waals surface area contributed by atoms with Gasteiger partial charge in [-0.1, -0.05) is 243 Å². The first-order valence-corrected chi connectivity index (χ1v) is 38.8. The van der Waals surface area contributed by atoms with Crippen LogP contribution in [0.15, 0.2) is 158 Å². The Bertz CT molecular complexity index is 2360. The van der Waals surface area contributed by atoms with Gasteiger partial charge < -0.3 is 34.2 Å². The van der Waals surface area contributed by atoms with Gasteiger partial charge in [-0.05, 0) is 148 Å². The highest BCUT2D eigenvalue weighted by molar-refractivity contribution is 7.47. The summed E-state index contributed by atoms with van der Waals surface area (Å²) in [6.07, 6.45) is 84.3. The number of allylic oxidation sites excluding steroid dienone is 26. The Labute approximate surface area is 574 Å². The Morgan fingerprint density at radius 3 is 0.905 bits per heavy atom. The zero-order valence-electron chi connectivity index (χ0n) is 58.5. The molecule has 16 nitrogen and oxygen atoms in total. The summed E-state index contributed by atoms with van der Waals surface area (Å²) in [7, 11) is -9.82. The van der Waals surface area contributed by atoms with E-state index in [1.807, 2.05) is 0 Å². The zero-order valence-corrected chi connectivity index (χ0v) is 60.3. The second-order valence-electron chi connectivity index (χ2n) is 23.3. The third kappa shape index (κ3) is 70.3. The summed E-state index contributed by atoms with van der Waals surface area (Å²) < 4.78 is 60.9. The van der Waals surface area contributed by atoms with Crippen molar-refractivity contribution < 1.29 is 75.8 Å². The van der Waals surface area contributed by atoms with Crippen molar-refractivity contribution in [2.75, 3.05) is 39.6 Å². The molecule has 0 aliphatic rings. The average Bonchev–Trinajstić information content (AvgIpc) is 1.99. The number of hydrogen-bond donors (Lipinski definition) is 4. The van der Waals surface area contributed by atoms with Gasteiger partial charge in [0.1, 0.15) is 25.4 Å². The van der Waals surface area contributed by atoms with Crippen molar-refractivity contribution in [1.82, 2.24) is 0 Å². The molecule has 0 rings (SSSR count). The normalized spacial score (nSPS) is 15.1. The third-order valence-corrected chi connectivity index (χ3v) is 16.1. The monoisotopic (exact) mass is 1370 g/mol. The van der Waals surface area contributed by atoms with E-state index in [0.29, 0.717) is 19.3 Å². The Hall–Kier alpha value is -4.83. The van der Waals surface area contributed by atoms with Crippen molar-refractivity contribution in [3.05, 3.63) is 158 Å². The summed E-state index contributed by atoms with van der Waals surface area (Å²) in [5, 5.41) is 20.6. The molecule has 5 atom stereocenters. The van der Waals surface area contributed by atoms with Crippen LogP contribution in [0.5, 0.6) is 0 Å². The fraction of sp³-hybridized carbons (Fsp3) is 0.623. The van der Waals surface area contributed by atoms with Crippen molar-refractivity contribution in [3.8, 4) is 0 Å². The van der Waals surface area contributed by atoms with Gasteiger partial charge in [-0.3, -0.25) is 32.5 Å². The van der Waals surface area contributed by atoms with Crippen LogP contribution in [0.2, 0.25) is 0 Å². The highest BCUT2D eigenvalue weighted by atomic mass is 31.2. The van der Waals surface area contributed by atoms with E-state index in [1.165, 1.54) is 25.7 Å². The molecule has 0 aliphatic heterocycles. The molecule has 0 fully saturated rings. The lowest BCUT2D eigenvalue weighted by Gasteiger charge is -2.21. The summed E-state index contributed by atoms with van der Waals surface area (Å²) in [5.74, 6) is -1.66. The number of carbonyl (C=O) groups excluding carboxylic acids is 3. The molecule has 0 heterocycles. The minimum absolute atomic E-state index is 0.0820. The summed E-state index contributed by atoms with van der Waals surface area (Å²) in [5.41, 5.74) is 0. The summed E-state index contributed by atoms with van der Waals surface area (Å²) >= 11 is 0. The molecule has 95 heavy (non-hydrogen) atoms. The van der Waals surface area contributed by atoms with Crippen LogP contribution in [-0.2, 0) is 55.8 Å². The molecule has 0 spiro atoms. The van der Waals surface area contributed by atoms with E-state index in [1.54, 1.807) is 0 Å². The second kappa shape index (κ2) is 69.1.